The zero-order valence-electron chi connectivity index (χ0n) is 17.7. The Kier molecular flexibility index (Phi) is 6.06. The van der Waals surface area contributed by atoms with Crippen molar-refractivity contribution in [1.29, 1.82) is 0 Å². The van der Waals surface area contributed by atoms with E-state index in [2.05, 4.69) is 24.3 Å². The Morgan fingerprint density at radius 1 is 1.13 bits per heavy atom. The van der Waals surface area contributed by atoms with Crippen LogP contribution in [-0.2, 0) is 20.2 Å². The molecule has 0 radical (unpaired) electrons. The summed E-state index contributed by atoms with van der Waals surface area (Å²) in [5.74, 6) is 0.435. The monoisotopic (exact) mass is 446 g/mol. The molecule has 0 unspecified atom stereocenters. The topological polar surface area (TPSA) is 57.7 Å². The van der Waals surface area contributed by atoms with Crippen molar-refractivity contribution in [2.75, 3.05) is 26.2 Å². The van der Waals surface area contributed by atoms with E-state index in [1.807, 2.05) is 24.1 Å². The summed E-state index contributed by atoms with van der Waals surface area (Å²) in [6.07, 6.45) is 3.10. The molecular weight excluding hydrogens is 416 g/mol. The minimum Gasteiger partial charge on any atom is -0.343 e. The molecule has 5 nitrogen and oxygen atoms in total. The van der Waals surface area contributed by atoms with E-state index in [-0.39, 0.29) is 17.2 Å². The van der Waals surface area contributed by atoms with E-state index < -0.39 is 10.0 Å². The molecule has 1 amide bonds. The maximum absolute atomic E-state index is 12.9. The Morgan fingerprint density at radius 2 is 1.83 bits per heavy atom. The van der Waals surface area contributed by atoms with Gasteiger partial charge in [0, 0.05) is 32.6 Å². The highest BCUT2D eigenvalue weighted by molar-refractivity contribution is 7.91. The van der Waals surface area contributed by atoms with Crippen molar-refractivity contribution in [2.24, 2.45) is 0 Å². The van der Waals surface area contributed by atoms with Gasteiger partial charge in [0.15, 0.2) is 0 Å². The molecule has 0 N–H and O–H groups in total. The summed E-state index contributed by atoms with van der Waals surface area (Å²) in [4.78, 5) is 14.7. The van der Waals surface area contributed by atoms with Crippen molar-refractivity contribution in [3.05, 3.63) is 52.9 Å². The van der Waals surface area contributed by atoms with Gasteiger partial charge in [0.05, 0.1) is 0 Å². The quantitative estimate of drug-likeness (QED) is 0.668. The van der Waals surface area contributed by atoms with E-state index in [1.165, 1.54) is 22.5 Å². The summed E-state index contributed by atoms with van der Waals surface area (Å²) in [7, 11) is -3.40. The van der Waals surface area contributed by atoms with Gasteiger partial charge in [-0.15, -0.1) is 11.3 Å². The molecule has 1 aliphatic carbocycles. The highest BCUT2D eigenvalue weighted by Crippen LogP contribution is 2.53. The molecule has 1 aromatic carbocycles. The second kappa shape index (κ2) is 8.44. The summed E-state index contributed by atoms with van der Waals surface area (Å²) in [5, 5.41) is 1.81. The first-order chi connectivity index (χ1) is 14.4. The number of carbonyl (C=O) groups is 1. The standard InChI is InChI=1S/C23H30N2O3S2/c1-3-24(4-2)21(26)16-18-17-23(20-9-6-5-8-19(18)20)11-13-25(14-12-23)30(27,28)22-10-7-15-29-22/h5-10,15,18H,3-4,11-14,16-17H2,1-2H3/t18-/m0/s1. The molecule has 2 aromatic rings. The zero-order chi connectivity index (χ0) is 21.4. The first-order valence-electron chi connectivity index (χ1n) is 10.8. The molecule has 0 saturated carbocycles. The van der Waals surface area contributed by atoms with E-state index in [4.69, 9.17) is 0 Å². The highest BCUT2D eigenvalue weighted by atomic mass is 32.2. The summed E-state index contributed by atoms with van der Waals surface area (Å²) in [5.41, 5.74) is 2.59. The first kappa shape index (κ1) is 21.5. The van der Waals surface area contributed by atoms with Crippen molar-refractivity contribution < 1.29 is 13.2 Å². The SMILES string of the molecule is CCN(CC)C(=O)C[C@H]1CC2(CCN(S(=O)(=O)c3cccs3)CC2)c2ccccc21. The van der Waals surface area contributed by atoms with Crippen LogP contribution in [0.5, 0.6) is 0 Å². The van der Waals surface area contributed by atoms with Crippen molar-refractivity contribution in [2.45, 2.75) is 55.1 Å². The van der Waals surface area contributed by atoms with Crippen molar-refractivity contribution >= 4 is 27.3 Å². The number of piperidine rings is 1. The van der Waals surface area contributed by atoms with Crippen molar-refractivity contribution in [3.8, 4) is 0 Å². The molecular formula is C23H30N2O3S2. The lowest BCUT2D eigenvalue weighted by Crippen LogP contribution is -2.44. The smallest absolute Gasteiger partial charge is 0.252 e. The minimum absolute atomic E-state index is 0.0216. The molecule has 2 heterocycles. The lowest BCUT2D eigenvalue weighted by Gasteiger charge is -2.39. The molecule has 7 heteroatoms. The normalized spacial score (nSPS) is 20.9. The van der Waals surface area contributed by atoms with Gasteiger partial charge >= 0.3 is 0 Å². The van der Waals surface area contributed by atoms with Crippen LogP contribution in [-0.4, -0.2) is 49.7 Å². The van der Waals surface area contributed by atoms with E-state index in [0.717, 1.165) is 32.4 Å². The van der Waals surface area contributed by atoms with E-state index >= 15 is 0 Å². The average Bonchev–Trinajstić information content (AvgIpc) is 3.38. The zero-order valence-corrected chi connectivity index (χ0v) is 19.3. The van der Waals surface area contributed by atoms with Gasteiger partial charge in [-0.25, -0.2) is 8.42 Å². The van der Waals surface area contributed by atoms with Gasteiger partial charge in [-0.3, -0.25) is 4.79 Å². The number of rotatable bonds is 6. The molecule has 2 aliphatic rings. The largest absolute Gasteiger partial charge is 0.343 e. The molecule has 1 atom stereocenters. The molecule has 0 bridgehead atoms. The van der Waals surface area contributed by atoms with Gasteiger partial charge in [0.25, 0.3) is 10.0 Å². The molecule has 1 saturated heterocycles. The van der Waals surface area contributed by atoms with E-state index in [1.54, 1.807) is 16.4 Å². The fraction of sp³-hybridized carbons (Fsp3) is 0.522. The third-order valence-corrected chi connectivity index (χ3v) is 10.2. The minimum atomic E-state index is -3.40. The lowest BCUT2D eigenvalue weighted by atomic mass is 9.73. The Labute approximate surface area is 183 Å². The number of hydrogen-bond acceptors (Lipinski definition) is 4. The predicted molar refractivity (Wildman–Crippen MR) is 120 cm³/mol. The van der Waals surface area contributed by atoms with Crippen LogP contribution in [0.4, 0.5) is 0 Å². The van der Waals surface area contributed by atoms with Gasteiger partial charge in [0.1, 0.15) is 4.21 Å². The molecule has 4 rings (SSSR count). The number of nitrogens with zero attached hydrogens (tertiary/aromatic N) is 2. The van der Waals surface area contributed by atoms with Crippen LogP contribution in [0.1, 0.15) is 56.6 Å². The number of hydrogen-bond donors (Lipinski definition) is 0. The maximum Gasteiger partial charge on any atom is 0.252 e. The number of fused-ring (bicyclic) bond motifs is 2. The second-order valence-corrected chi connectivity index (χ2v) is 11.5. The molecule has 162 valence electrons. The highest BCUT2D eigenvalue weighted by Gasteiger charge is 2.47. The molecule has 1 spiro atoms. The lowest BCUT2D eigenvalue weighted by molar-refractivity contribution is -0.131. The van der Waals surface area contributed by atoms with Crippen LogP contribution in [0.2, 0.25) is 0 Å². The fourth-order valence-electron chi connectivity index (χ4n) is 5.29. The fourth-order valence-corrected chi connectivity index (χ4v) is 7.88. The number of carbonyl (C=O) groups excluding carboxylic acids is 1. The third kappa shape index (κ3) is 3.72. The van der Waals surface area contributed by atoms with Crippen LogP contribution in [0, 0.1) is 0 Å². The Balaban J connectivity index is 1.54. The van der Waals surface area contributed by atoms with Crippen LogP contribution in [0.25, 0.3) is 0 Å². The average molecular weight is 447 g/mol. The molecule has 1 aromatic heterocycles. The number of amides is 1. The van der Waals surface area contributed by atoms with Gasteiger partial charge in [0.2, 0.25) is 5.91 Å². The van der Waals surface area contributed by atoms with Crippen LogP contribution in [0.3, 0.4) is 0 Å². The first-order valence-corrected chi connectivity index (χ1v) is 13.1. The van der Waals surface area contributed by atoms with E-state index in [9.17, 15) is 13.2 Å². The van der Waals surface area contributed by atoms with Gasteiger partial charge in [-0.2, -0.15) is 4.31 Å². The van der Waals surface area contributed by atoms with Crippen LogP contribution >= 0.6 is 11.3 Å². The maximum atomic E-state index is 12.9. The summed E-state index contributed by atoms with van der Waals surface area (Å²) in [6.45, 7) is 6.59. The molecule has 30 heavy (non-hydrogen) atoms. The number of thiophene rings is 1. The second-order valence-electron chi connectivity index (χ2n) is 8.37. The van der Waals surface area contributed by atoms with Gasteiger partial charge < -0.3 is 4.90 Å². The predicted octanol–water partition coefficient (Wildman–Crippen LogP) is 4.22. The number of benzene rings is 1. The Morgan fingerprint density at radius 3 is 2.47 bits per heavy atom. The Hall–Kier alpha value is -1.70. The van der Waals surface area contributed by atoms with Crippen LogP contribution in [0.15, 0.2) is 46.0 Å². The van der Waals surface area contributed by atoms with Gasteiger partial charge in [-0.05, 0) is 67.0 Å². The van der Waals surface area contributed by atoms with E-state index in [0.29, 0.717) is 23.7 Å². The summed E-state index contributed by atoms with van der Waals surface area (Å²) < 4.78 is 27.9. The molecule has 1 aliphatic heterocycles. The van der Waals surface area contributed by atoms with Crippen LogP contribution < -0.4 is 0 Å². The summed E-state index contributed by atoms with van der Waals surface area (Å²) >= 11 is 1.28. The summed E-state index contributed by atoms with van der Waals surface area (Å²) in [6, 6.07) is 12.0. The van der Waals surface area contributed by atoms with Crippen molar-refractivity contribution in [3.63, 3.8) is 0 Å². The molecule has 1 fully saturated rings. The van der Waals surface area contributed by atoms with Crippen molar-refractivity contribution in [1.82, 2.24) is 9.21 Å². The third-order valence-electron chi connectivity index (χ3n) is 6.92. The van der Waals surface area contributed by atoms with Gasteiger partial charge in [-0.1, -0.05) is 30.3 Å². The Bertz CT molecular complexity index is 989. The number of sulfonamides is 1.